The zero-order chi connectivity index (χ0) is 19.5. The van der Waals surface area contributed by atoms with Crippen LogP contribution in [0.2, 0.25) is 0 Å². The minimum Gasteiger partial charge on any atom is -0.329 e. The number of benzene rings is 1. The number of halogens is 2. The number of aromatic nitrogens is 2. The maximum absolute atomic E-state index is 12.7. The van der Waals surface area contributed by atoms with Crippen LogP contribution in [0.25, 0.3) is 0 Å². The molecule has 0 aliphatic carbocycles. The van der Waals surface area contributed by atoms with Gasteiger partial charge in [-0.05, 0) is 41.6 Å². The monoisotopic (exact) mass is 463 g/mol. The Hall–Kier alpha value is -2.37. The average Bonchev–Trinajstić information content (AvgIpc) is 3.32. The summed E-state index contributed by atoms with van der Waals surface area (Å²) in [6, 6.07) is 11.8. The van der Waals surface area contributed by atoms with Crippen LogP contribution in [0.4, 0.5) is 5.00 Å². The third kappa shape index (κ3) is 5.21. The molecule has 1 aliphatic heterocycles. The Morgan fingerprint density at radius 1 is 1.13 bits per heavy atom. The summed E-state index contributed by atoms with van der Waals surface area (Å²) >= 11 is 1.63. The van der Waals surface area contributed by atoms with Gasteiger partial charge in [-0.25, -0.2) is 4.98 Å². The number of imidazole rings is 1. The van der Waals surface area contributed by atoms with E-state index in [4.69, 9.17) is 5.26 Å². The molecule has 4 rings (SSSR count). The number of hydrogen-bond donors (Lipinski definition) is 0. The molecule has 1 aliphatic rings. The van der Waals surface area contributed by atoms with Crippen LogP contribution in [0, 0.1) is 18.3 Å². The second-order valence-corrected chi connectivity index (χ2v) is 7.88. The average molecular weight is 464 g/mol. The molecule has 3 heterocycles. The third-order valence-corrected chi connectivity index (χ3v) is 6.04. The lowest BCUT2D eigenvalue weighted by molar-refractivity contribution is -0.121. The fourth-order valence-electron chi connectivity index (χ4n) is 3.45. The van der Waals surface area contributed by atoms with Crippen molar-refractivity contribution in [3.8, 4) is 6.07 Å². The van der Waals surface area contributed by atoms with Gasteiger partial charge in [-0.2, -0.15) is 5.26 Å². The van der Waals surface area contributed by atoms with E-state index in [9.17, 15) is 4.79 Å². The summed E-state index contributed by atoms with van der Waals surface area (Å²) in [7, 11) is 0. The van der Waals surface area contributed by atoms with Crippen LogP contribution in [0.5, 0.6) is 0 Å². The van der Waals surface area contributed by atoms with E-state index < -0.39 is 0 Å². The molecule has 1 aromatic carbocycles. The minimum absolute atomic E-state index is 0. The number of thiophene rings is 1. The van der Waals surface area contributed by atoms with Crippen molar-refractivity contribution in [1.29, 1.82) is 5.26 Å². The fourth-order valence-corrected chi connectivity index (χ4v) is 4.42. The Balaban J connectivity index is 0.00000160. The van der Waals surface area contributed by atoms with Gasteiger partial charge in [0.05, 0.1) is 30.2 Å². The molecule has 0 radical (unpaired) electrons. The summed E-state index contributed by atoms with van der Waals surface area (Å²) in [5, 5.41) is 12.0. The molecule has 1 saturated heterocycles. The van der Waals surface area contributed by atoms with E-state index in [2.05, 4.69) is 26.6 Å². The van der Waals surface area contributed by atoms with E-state index >= 15 is 0 Å². The number of nitriles is 1. The molecule has 0 unspecified atom stereocenters. The zero-order valence-electron chi connectivity index (χ0n) is 16.5. The van der Waals surface area contributed by atoms with Gasteiger partial charge < -0.3 is 9.47 Å². The lowest BCUT2D eigenvalue weighted by atomic mass is 10.1. The second kappa shape index (κ2) is 10.6. The highest BCUT2D eigenvalue weighted by molar-refractivity contribution is 7.14. The summed E-state index contributed by atoms with van der Waals surface area (Å²) in [5.74, 6) is 0.148. The number of carbonyl (C=O) groups excluding carboxylic acids is 1. The van der Waals surface area contributed by atoms with Crippen LogP contribution in [0.1, 0.15) is 22.4 Å². The lowest BCUT2D eigenvalue weighted by Crippen LogP contribution is -2.50. The third-order valence-electron chi connectivity index (χ3n) is 5.00. The summed E-state index contributed by atoms with van der Waals surface area (Å²) in [6.07, 6.45) is 3.69. The zero-order valence-corrected chi connectivity index (χ0v) is 19.0. The predicted octanol–water partition coefficient (Wildman–Crippen LogP) is 3.87. The Kier molecular flexibility index (Phi) is 8.44. The molecule has 0 spiro atoms. The maximum atomic E-state index is 12.7. The van der Waals surface area contributed by atoms with Crippen molar-refractivity contribution in [3.05, 3.63) is 70.6 Å². The van der Waals surface area contributed by atoms with Crippen molar-refractivity contribution in [1.82, 2.24) is 14.5 Å². The Morgan fingerprint density at radius 2 is 1.90 bits per heavy atom. The minimum atomic E-state index is 0. The number of piperazine rings is 1. The molecular formula is C21H23Cl2N5OS. The molecule has 6 nitrogen and oxygen atoms in total. The van der Waals surface area contributed by atoms with Crippen LogP contribution in [-0.2, 0) is 17.9 Å². The first kappa shape index (κ1) is 23.9. The molecule has 0 N–H and O–H groups in total. The van der Waals surface area contributed by atoms with Gasteiger partial charge >= 0.3 is 0 Å². The number of amides is 1. The van der Waals surface area contributed by atoms with E-state index in [1.807, 2.05) is 54.0 Å². The molecule has 3 aromatic rings. The SMILES string of the molecule is Cc1ccsc1N1CCN(Cc2cncn2Cc2ccc(C#N)cc2)CC1=O.Cl.Cl. The van der Waals surface area contributed by atoms with Gasteiger partial charge in [0.15, 0.2) is 0 Å². The first-order chi connectivity index (χ1) is 13.6. The summed E-state index contributed by atoms with van der Waals surface area (Å²) in [6.45, 7) is 5.41. The molecular weight excluding hydrogens is 441 g/mol. The van der Waals surface area contributed by atoms with Crippen molar-refractivity contribution in [2.24, 2.45) is 0 Å². The number of anilines is 1. The summed E-state index contributed by atoms with van der Waals surface area (Å²) in [5.41, 5.74) is 4.02. The number of rotatable bonds is 5. The molecule has 0 bridgehead atoms. The number of carbonyl (C=O) groups is 1. The molecule has 30 heavy (non-hydrogen) atoms. The highest BCUT2D eigenvalue weighted by Crippen LogP contribution is 2.28. The number of aryl methyl sites for hydroxylation is 1. The van der Waals surface area contributed by atoms with E-state index in [1.54, 1.807) is 11.3 Å². The Labute approximate surface area is 192 Å². The topological polar surface area (TPSA) is 65.2 Å². The quantitative estimate of drug-likeness (QED) is 0.575. The van der Waals surface area contributed by atoms with Crippen molar-refractivity contribution in [2.45, 2.75) is 20.0 Å². The Morgan fingerprint density at radius 3 is 2.53 bits per heavy atom. The highest BCUT2D eigenvalue weighted by atomic mass is 35.5. The molecule has 0 saturated carbocycles. The number of nitrogens with zero attached hydrogens (tertiary/aromatic N) is 5. The molecule has 2 aromatic heterocycles. The van der Waals surface area contributed by atoms with Crippen molar-refractivity contribution in [3.63, 3.8) is 0 Å². The van der Waals surface area contributed by atoms with Gasteiger partial charge in [0.2, 0.25) is 5.91 Å². The Bertz CT molecular complexity index is 1020. The van der Waals surface area contributed by atoms with E-state index in [0.29, 0.717) is 31.7 Å². The van der Waals surface area contributed by atoms with Gasteiger partial charge in [-0.1, -0.05) is 12.1 Å². The lowest BCUT2D eigenvalue weighted by Gasteiger charge is -2.34. The predicted molar refractivity (Wildman–Crippen MR) is 124 cm³/mol. The van der Waals surface area contributed by atoms with Crippen molar-refractivity contribution < 1.29 is 4.79 Å². The largest absolute Gasteiger partial charge is 0.329 e. The molecule has 9 heteroatoms. The molecule has 158 valence electrons. The fraction of sp³-hybridized carbons (Fsp3) is 0.286. The molecule has 0 atom stereocenters. The first-order valence-electron chi connectivity index (χ1n) is 9.19. The van der Waals surface area contributed by atoms with Crippen LogP contribution < -0.4 is 4.90 Å². The first-order valence-corrected chi connectivity index (χ1v) is 10.1. The standard InChI is InChI=1S/C21H21N5OS.2ClH/c1-16-6-9-28-21(16)26-8-7-24(14-20(26)27)13-19-11-23-15-25(19)12-18-4-2-17(10-22)3-5-18;;/h2-6,9,11,15H,7-8,12-14H2,1H3;2*1H. The van der Waals surface area contributed by atoms with Gasteiger partial charge in [-0.3, -0.25) is 9.69 Å². The summed E-state index contributed by atoms with van der Waals surface area (Å²) < 4.78 is 2.10. The number of hydrogen-bond acceptors (Lipinski definition) is 5. The second-order valence-electron chi connectivity index (χ2n) is 6.99. The summed E-state index contributed by atoms with van der Waals surface area (Å²) in [4.78, 5) is 21.0. The van der Waals surface area contributed by atoms with Gasteiger partial charge in [-0.15, -0.1) is 36.2 Å². The smallest absolute Gasteiger partial charge is 0.241 e. The maximum Gasteiger partial charge on any atom is 0.241 e. The van der Waals surface area contributed by atoms with E-state index in [-0.39, 0.29) is 30.7 Å². The molecule has 1 amide bonds. The van der Waals surface area contributed by atoms with Crippen LogP contribution >= 0.6 is 36.2 Å². The molecule has 1 fully saturated rings. The van der Waals surface area contributed by atoms with Gasteiger partial charge in [0, 0.05) is 32.4 Å². The normalized spacial score (nSPS) is 14.0. The van der Waals surface area contributed by atoms with Crippen LogP contribution in [0.3, 0.4) is 0 Å². The van der Waals surface area contributed by atoms with E-state index in [1.165, 1.54) is 0 Å². The van der Waals surface area contributed by atoms with Crippen molar-refractivity contribution >= 4 is 47.1 Å². The highest BCUT2D eigenvalue weighted by Gasteiger charge is 2.27. The van der Waals surface area contributed by atoms with E-state index in [0.717, 1.165) is 28.4 Å². The van der Waals surface area contributed by atoms with Gasteiger partial charge in [0.1, 0.15) is 5.00 Å². The van der Waals surface area contributed by atoms with Crippen LogP contribution in [-0.4, -0.2) is 40.0 Å². The van der Waals surface area contributed by atoms with Crippen molar-refractivity contribution in [2.75, 3.05) is 24.5 Å². The van der Waals surface area contributed by atoms with Crippen LogP contribution in [0.15, 0.2) is 48.2 Å². The van der Waals surface area contributed by atoms with Gasteiger partial charge in [0.25, 0.3) is 0 Å².